The number of benzene rings is 1. The predicted octanol–water partition coefficient (Wildman–Crippen LogP) is 2.99. The zero-order valence-corrected chi connectivity index (χ0v) is 10.5. The molecule has 1 aliphatic carbocycles. The maximum atomic E-state index is 6.04. The molecule has 1 fully saturated rings. The van der Waals surface area contributed by atoms with Crippen molar-refractivity contribution in [1.29, 1.82) is 0 Å². The van der Waals surface area contributed by atoms with Gasteiger partial charge in [0.2, 0.25) is 11.8 Å². The Morgan fingerprint density at radius 3 is 2.72 bits per heavy atom. The lowest BCUT2D eigenvalue weighted by molar-refractivity contribution is 0.204. The van der Waals surface area contributed by atoms with Crippen LogP contribution >= 0.6 is 0 Å². The second-order valence-corrected chi connectivity index (χ2v) is 4.64. The Hall–Kier alpha value is -1.84. The summed E-state index contributed by atoms with van der Waals surface area (Å²) in [5.74, 6) is 1.32. The normalized spacial score (nSPS) is 16.1. The summed E-state index contributed by atoms with van der Waals surface area (Å²) < 4.78 is 6.04. The van der Waals surface area contributed by atoms with E-state index in [2.05, 4.69) is 15.3 Å². The molecule has 0 spiro atoms. The summed E-state index contributed by atoms with van der Waals surface area (Å²) in [6.07, 6.45) is 5.09. The minimum Gasteiger partial charge on any atom is -0.474 e. The van der Waals surface area contributed by atoms with Gasteiger partial charge >= 0.3 is 0 Å². The Morgan fingerprint density at radius 2 is 1.94 bits per heavy atom. The van der Waals surface area contributed by atoms with E-state index in [-0.39, 0.29) is 0 Å². The highest BCUT2D eigenvalue weighted by Gasteiger charge is 2.19. The molecule has 1 aliphatic rings. The number of para-hydroxylation sites is 1. The van der Waals surface area contributed by atoms with Crippen molar-refractivity contribution in [3.8, 4) is 5.88 Å². The third-order valence-corrected chi connectivity index (χ3v) is 3.37. The molecule has 18 heavy (non-hydrogen) atoms. The van der Waals surface area contributed by atoms with E-state index in [0.29, 0.717) is 17.9 Å². The Kier molecular flexibility index (Phi) is 3.00. The predicted molar refractivity (Wildman–Crippen MR) is 72.0 cm³/mol. The molecule has 0 radical (unpaired) electrons. The molecule has 1 N–H and O–H groups in total. The fourth-order valence-corrected chi connectivity index (χ4v) is 2.41. The average molecular weight is 243 g/mol. The molecule has 1 aromatic carbocycles. The molecule has 4 heteroatoms. The summed E-state index contributed by atoms with van der Waals surface area (Å²) in [6, 6.07) is 7.97. The topological polar surface area (TPSA) is 47.0 Å². The third kappa shape index (κ3) is 2.10. The van der Waals surface area contributed by atoms with Gasteiger partial charge in [-0.05, 0) is 37.8 Å². The summed E-state index contributed by atoms with van der Waals surface area (Å²) in [7, 11) is 1.82. The Morgan fingerprint density at radius 1 is 1.17 bits per heavy atom. The number of nitrogens with one attached hydrogen (secondary N) is 1. The molecule has 0 atom stereocenters. The molecule has 0 amide bonds. The van der Waals surface area contributed by atoms with Gasteiger partial charge in [-0.25, -0.2) is 4.98 Å². The minimum absolute atomic E-state index is 0.313. The fraction of sp³-hybridized carbons (Fsp3) is 0.429. The van der Waals surface area contributed by atoms with Crippen molar-refractivity contribution < 1.29 is 4.74 Å². The number of hydrogen-bond donors (Lipinski definition) is 1. The number of aromatic nitrogens is 2. The highest BCUT2D eigenvalue weighted by Crippen LogP contribution is 2.28. The molecular weight excluding hydrogens is 226 g/mol. The van der Waals surface area contributed by atoms with Gasteiger partial charge in [-0.2, -0.15) is 4.98 Å². The summed E-state index contributed by atoms with van der Waals surface area (Å²) >= 11 is 0. The van der Waals surface area contributed by atoms with E-state index < -0.39 is 0 Å². The van der Waals surface area contributed by atoms with Crippen LogP contribution < -0.4 is 10.1 Å². The van der Waals surface area contributed by atoms with Gasteiger partial charge in [0.15, 0.2) is 0 Å². The van der Waals surface area contributed by atoms with Crippen molar-refractivity contribution in [2.45, 2.75) is 31.8 Å². The first-order valence-corrected chi connectivity index (χ1v) is 6.48. The maximum absolute atomic E-state index is 6.04. The summed E-state index contributed by atoms with van der Waals surface area (Å²) in [5, 5.41) is 3.97. The van der Waals surface area contributed by atoms with Crippen LogP contribution in [0.4, 0.5) is 5.95 Å². The number of hydrogen-bond acceptors (Lipinski definition) is 4. The monoisotopic (exact) mass is 243 g/mol. The largest absolute Gasteiger partial charge is 0.474 e. The van der Waals surface area contributed by atoms with Crippen LogP contribution in [0.2, 0.25) is 0 Å². The highest BCUT2D eigenvalue weighted by molar-refractivity contribution is 5.84. The number of fused-ring (bicyclic) bond motifs is 1. The molecule has 1 saturated carbocycles. The molecule has 1 heterocycles. The van der Waals surface area contributed by atoms with E-state index in [1.165, 1.54) is 12.8 Å². The van der Waals surface area contributed by atoms with Gasteiger partial charge in [-0.15, -0.1) is 0 Å². The number of ether oxygens (including phenoxy) is 1. The van der Waals surface area contributed by atoms with Crippen LogP contribution in [0.1, 0.15) is 25.7 Å². The molecule has 3 rings (SSSR count). The average Bonchev–Trinajstić information content (AvgIpc) is 2.91. The van der Waals surface area contributed by atoms with E-state index >= 15 is 0 Å². The quantitative estimate of drug-likeness (QED) is 0.900. The van der Waals surface area contributed by atoms with E-state index in [1.54, 1.807) is 0 Å². The SMILES string of the molecule is CNc1nc(OC2CCCC2)c2ccccc2n1. The van der Waals surface area contributed by atoms with Crippen molar-refractivity contribution in [3.63, 3.8) is 0 Å². The Balaban J connectivity index is 2.01. The number of nitrogens with zero attached hydrogens (tertiary/aromatic N) is 2. The van der Waals surface area contributed by atoms with Gasteiger partial charge in [0.25, 0.3) is 0 Å². The van der Waals surface area contributed by atoms with Crippen LogP contribution in [0.5, 0.6) is 5.88 Å². The molecule has 2 aromatic rings. The molecule has 4 nitrogen and oxygen atoms in total. The van der Waals surface area contributed by atoms with Crippen molar-refractivity contribution in [2.75, 3.05) is 12.4 Å². The van der Waals surface area contributed by atoms with Crippen molar-refractivity contribution in [2.24, 2.45) is 0 Å². The molecule has 0 saturated heterocycles. The molecule has 1 aromatic heterocycles. The van der Waals surface area contributed by atoms with Crippen molar-refractivity contribution in [1.82, 2.24) is 9.97 Å². The van der Waals surface area contributed by atoms with Gasteiger partial charge in [0.1, 0.15) is 6.10 Å². The van der Waals surface area contributed by atoms with E-state index in [1.807, 2.05) is 31.3 Å². The van der Waals surface area contributed by atoms with Crippen LogP contribution in [0.15, 0.2) is 24.3 Å². The number of anilines is 1. The lowest BCUT2D eigenvalue weighted by Gasteiger charge is -2.14. The number of rotatable bonds is 3. The van der Waals surface area contributed by atoms with Gasteiger partial charge in [0, 0.05) is 7.05 Å². The summed E-state index contributed by atoms with van der Waals surface area (Å²) in [4.78, 5) is 8.87. The van der Waals surface area contributed by atoms with E-state index in [0.717, 1.165) is 23.7 Å². The first-order chi connectivity index (χ1) is 8.86. The van der Waals surface area contributed by atoms with Crippen LogP contribution in [0, 0.1) is 0 Å². The van der Waals surface area contributed by atoms with E-state index in [4.69, 9.17) is 4.74 Å². The fourth-order valence-electron chi connectivity index (χ4n) is 2.41. The van der Waals surface area contributed by atoms with Gasteiger partial charge in [-0.3, -0.25) is 0 Å². The second-order valence-electron chi connectivity index (χ2n) is 4.64. The van der Waals surface area contributed by atoms with Crippen LogP contribution in [0.3, 0.4) is 0 Å². The molecule has 94 valence electrons. The standard InChI is InChI=1S/C14H17N3O/c1-15-14-16-12-9-5-4-8-11(12)13(17-14)18-10-6-2-3-7-10/h4-5,8-10H,2-3,6-7H2,1H3,(H,15,16,17). The van der Waals surface area contributed by atoms with Gasteiger partial charge in [-0.1, -0.05) is 12.1 Å². The Labute approximate surface area is 106 Å². The van der Waals surface area contributed by atoms with Crippen molar-refractivity contribution in [3.05, 3.63) is 24.3 Å². The summed E-state index contributed by atoms with van der Waals surface area (Å²) in [5.41, 5.74) is 0.921. The third-order valence-electron chi connectivity index (χ3n) is 3.37. The molecule has 0 unspecified atom stereocenters. The minimum atomic E-state index is 0.313. The zero-order chi connectivity index (χ0) is 12.4. The van der Waals surface area contributed by atoms with E-state index in [9.17, 15) is 0 Å². The smallest absolute Gasteiger partial charge is 0.226 e. The van der Waals surface area contributed by atoms with Crippen LogP contribution in [-0.4, -0.2) is 23.1 Å². The van der Waals surface area contributed by atoms with Crippen LogP contribution in [-0.2, 0) is 0 Å². The Bertz CT molecular complexity index is 550. The maximum Gasteiger partial charge on any atom is 0.226 e. The first-order valence-electron chi connectivity index (χ1n) is 6.48. The van der Waals surface area contributed by atoms with Gasteiger partial charge < -0.3 is 10.1 Å². The van der Waals surface area contributed by atoms with Crippen molar-refractivity contribution >= 4 is 16.9 Å². The molecule has 0 aliphatic heterocycles. The lowest BCUT2D eigenvalue weighted by Crippen LogP contribution is -2.13. The molecule has 0 bridgehead atoms. The molecular formula is C14H17N3O. The summed E-state index contributed by atoms with van der Waals surface area (Å²) in [6.45, 7) is 0. The highest BCUT2D eigenvalue weighted by atomic mass is 16.5. The van der Waals surface area contributed by atoms with Gasteiger partial charge in [0.05, 0.1) is 10.9 Å². The first kappa shape index (κ1) is 11.3. The van der Waals surface area contributed by atoms with Crippen LogP contribution in [0.25, 0.3) is 10.9 Å². The zero-order valence-electron chi connectivity index (χ0n) is 10.5. The lowest BCUT2D eigenvalue weighted by atomic mass is 10.2. The second kappa shape index (κ2) is 4.80.